The third-order valence-corrected chi connectivity index (χ3v) is 12.0. The first-order chi connectivity index (χ1) is 9.23. The van der Waals surface area contributed by atoms with Gasteiger partial charge in [0.2, 0.25) is 0 Å². The van der Waals surface area contributed by atoms with Crippen LogP contribution in [0, 0.1) is 0 Å². The molecule has 0 bridgehead atoms. The first-order valence-electron chi connectivity index (χ1n) is 7.65. The number of esters is 1. The van der Waals surface area contributed by atoms with Crippen molar-refractivity contribution in [3.63, 3.8) is 0 Å². The van der Waals surface area contributed by atoms with Gasteiger partial charge in [0.05, 0.1) is 20.8 Å². The smallest absolute Gasteiger partial charge is 0.337 e. The van der Waals surface area contributed by atoms with Gasteiger partial charge in [-0.1, -0.05) is 76.4 Å². The largest absolute Gasteiger partial charge is 0.465 e. The monoisotopic (exact) mass is 296 g/mol. The van der Waals surface area contributed by atoms with Crippen LogP contribution in [0.25, 0.3) is 0 Å². The lowest BCUT2D eigenvalue weighted by Crippen LogP contribution is -2.43. The van der Waals surface area contributed by atoms with Gasteiger partial charge >= 0.3 is 5.97 Å². The third kappa shape index (κ3) is 4.34. The highest BCUT2D eigenvalue weighted by atomic mass is 28.3. The fraction of sp³-hybridized carbons (Fsp3) is 0.706. The predicted octanol–water partition coefficient (Wildman–Crippen LogP) is 5.34. The fourth-order valence-electron chi connectivity index (χ4n) is 3.51. The average Bonchev–Trinajstić information content (AvgIpc) is 2.35. The van der Waals surface area contributed by atoms with Gasteiger partial charge in [-0.15, -0.1) is 0 Å². The minimum atomic E-state index is -1.50. The van der Waals surface area contributed by atoms with Crippen LogP contribution in [0.4, 0.5) is 0 Å². The summed E-state index contributed by atoms with van der Waals surface area (Å²) >= 11 is 0. The lowest BCUT2D eigenvalue weighted by Gasteiger charge is -2.42. The Balaban J connectivity index is 5.51. The molecule has 0 aliphatic heterocycles. The van der Waals surface area contributed by atoms with Crippen LogP contribution < -0.4 is 0 Å². The number of rotatable bonds is 7. The highest BCUT2D eigenvalue weighted by molar-refractivity contribution is 6.83. The fourth-order valence-corrected chi connectivity index (χ4v) is 9.50. The molecule has 0 aromatic heterocycles. The highest BCUT2D eigenvalue weighted by Gasteiger charge is 2.41. The second-order valence-corrected chi connectivity index (χ2v) is 12.5. The molecule has 0 fully saturated rings. The van der Waals surface area contributed by atoms with Crippen molar-refractivity contribution in [1.29, 1.82) is 0 Å². The maximum Gasteiger partial charge on any atom is 0.337 e. The molecule has 0 radical (unpaired) electrons. The molecule has 0 aromatic carbocycles. The predicted molar refractivity (Wildman–Crippen MR) is 90.8 cm³/mol. The molecule has 0 rings (SSSR count). The summed E-state index contributed by atoms with van der Waals surface area (Å²) in [4.78, 5) is 11.8. The van der Waals surface area contributed by atoms with Crippen molar-refractivity contribution in [2.75, 3.05) is 7.11 Å². The summed E-state index contributed by atoms with van der Waals surface area (Å²) in [5.41, 5.74) is 2.78. The molecule has 0 amide bonds. The lowest BCUT2D eigenvalue weighted by molar-refractivity contribution is -0.135. The molecule has 0 atom stereocenters. The van der Waals surface area contributed by atoms with Crippen molar-refractivity contribution in [3.8, 4) is 0 Å². The Bertz CT molecular complexity index is 343. The Labute approximate surface area is 126 Å². The second-order valence-electron chi connectivity index (χ2n) is 6.43. The molecule has 0 saturated heterocycles. The normalized spacial score (nSPS) is 13.8. The van der Waals surface area contributed by atoms with Gasteiger partial charge in [0.1, 0.15) is 0 Å². The van der Waals surface area contributed by atoms with Crippen LogP contribution in [-0.2, 0) is 9.53 Å². The maximum atomic E-state index is 11.8. The summed E-state index contributed by atoms with van der Waals surface area (Å²) in [5, 5.41) is 0. The summed E-state index contributed by atoms with van der Waals surface area (Å²) < 4.78 is 4.87. The number of carbonyl (C=O) groups excluding carboxylic acids is 1. The Morgan fingerprint density at radius 2 is 1.50 bits per heavy atom. The van der Waals surface area contributed by atoms with Gasteiger partial charge < -0.3 is 4.74 Å². The van der Waals surface area contributed by atoms with E-state index in [2.05, 4.69) is 47.6 Å². The Morgan fingerprint density at radius 3 is 1.80 bits per heavy atom. The van der Waals surface area contributed by atoms with Crippen molar-refractivity contribution < 1.29 is 9.53 Å². The van der Waals surface area contributed by atoms with Crippen molar-refractivity contribution in [2.45, 2.75) is 71.1 Å². The van der Waals surface area contributed by atoms with E-state index >= 15 is 0 Å². The van der Waals surface area contributed by atoms with Crippen molar-refractivity contribution in [2.24, 2.45) is 0 Å². The summed E-state index contributed by atoms with van der Waals surface area (Å²) in [7, 11) is -0.0539. The Kier molecular flexibility index (Phi) is 8.10. The highest BCUT2D eigenvalue weighted by Crippen LogP contribution is 2.44. The first kappa shape index (κ1) is 19.2. The first-order valence-corrected chi connectivity index (χ1v) is 10.1. The molecule has 2 nitrogen and oxygen atoms in total. The van der Waals surface area contributed by atoms with Gasteiger partial charge in [0, 0.05) is 0 Å². The van der Waals surface area contributed by atoms with Gasteiger partial charge in [-0.25, -0.2) is 4.79 Å². The van der Waals surface area contributed by atoms with Crippen LogP contribution in [0.15, 0.2) is 23.8 Å². The van der Waals surface area contributed by atoms with Gasteiger partial charge in [-0.2, -0.15) is 0 Å². The molecule has 116 valence electrons. The molecule has 0 saturated carbocycles. The van der Waals surface area contributed by atoms with Gasteiger partial charge in [-0.05, 0) is 13.0 Å². The summed E-state index contributed by atoms with van der Waals surface area (Å²) in [6, 6.07) is 1.04. The number of hydrogen-bond acceptors (Lipinski definition) is 2. The molecule has 0 heterocycles. The van der Waals surface area contributed by atoms with E-state index < -0.39 is 8.07 Å². The van der Waals surface area contributed by atoms with Gasteiger partial charge in [0.15, 0.2) is 0 Å². The molecular formula is C17H32O2Si. The molecule has 0 aliphatic carbocycles. The van der Waals surface area contributed by atoms with Crippen molar-refractivity contribution in [1.82, 2.24) is 0 Å². The number of ether oxygens (including phenoxy) is 1. The SMILES string of the molecule is CC=CC(=CC[Si](C(C)C)(C(C)C)C(C)C)C(=O)OC. The van der Waals surface area contributed by atoms with Gasteiger partial charge in [0.25, 0.3) is 0 Å². The van der Waals surface area contributed by atoms with E-state index in [1.807, 2.05) is 19.1 Å². The number of methoxy groups -OCH3 is 1. The number of hydrogen-bond donors (Lipinski definition) is 0. The zero-order valence-electron chi connectivity index (χ0n) is 14.5. The van der Waals surface area contributed by atoms with E-state index in [0.717, 1.165) is 6.04 Å². The van der Waals surface area contributed by atoms with Crippen LogP contribution in [0.5, 0.6) is 0 Å². The van der Waals surface area contributed by atoms with Gasteiger partial charge in [-0.3, -0.25) is 0 Å². The van der Waals surface area contributed by atoms with E-state index in [-0.39, 0.29) is 5.97 Å². The number of carbonyl (C=O) groups is 1. The zero-order valence-corrected chi connectivity index (χ0v) is 15.5. The second kappa shape index (κ2) is 8.45. The van der Waals surface area contributed by atoms with E-state index in [9.17, 15) is 4.79 Å². The molecule has 0 N–H and O–H groups in total. The minimum Gasteiger partial charge on any atom is -0.465 e. The van der Waals surface area contributed by atoms with E-state index in [1.54, 1.807) is 0 Å². The van der Waals surface area contributed by atoms with Crippen molar-refractivity contribution >= 4 is 14.0 Å². The van der Waals surface area contributed by atoms with E-state index in [4.69, 9.17) is 4.74 Å². The quantitative estimate of drug-likeness (QED) is 0.274. The van der Waals surface area contributed by atoms with E-state index in [1.165, 1.54) is 7.11 Å². The molecule has 0 spiro atoms. The van der Waals surface area contributed by atoms with Crippen LogP contribution in [0.3, 0.4) is 0 Å². The summed E-state index contributed by atoms with van der Waals surface area (Å²) in [6.07, 6.45) is 5.86. The standard InChI is InChI=1S/C17H32O2Si/c1-9-10-16(17(18)19-8)11-12-20(13(2)3,14(4)5)15(6)7/h9-11,13-15H,12H2,1-8H3. The molecular weight excluding hydrogens is 264 g/mol. The lowest BCUT2D eigenvalue weighted by atomic mass is 10.2. The third-order valence-electron chi connectivity index (χ3n) is 4.67. The summed E-state index contributed by atoms with van der Waals surface area (Å²) in [5.74, 6) is -0.234. The molecule has 0 aliphatic rings. The van der Waals surface area contributed by atoms with Crippen LogP contribution >= 0.6 is 0 Å². The van der Waals surface area contributed by atoms with Crippen LogP contribution in [-0.4, -0.2) is 21.2 Å². The average molecular weight is 297 g/mol. The maximum absolute atomic E-state index is 11.8. The summed E-state index contributed by atoms with van der Waals surface area (Å²) in [6.45, 7) is 16.0. The molecule has 3 heteroatoms. The van der Waals surface area contributed by atoms with Crippen molar-refractivity contribution in [3.05, 3.63) is 23.8 Å². The number of allylic oxidation sites excluding steroid dienone is 2. The van der Waals surface area contributed by atoms with Crippen LogP contribution in [0.1, 0.15) is 48.5 Å². The van der Waals surface area contributed by atoms with E-state index in [0.29, 0.717) is 22.2 Å². The minimum absolute atomic E-state index is 0.234. The van der Waals surface area contributed by atoms with Crippen LogP contribution in [0.2, 0.25) is 22.7 Å². The Morgan fingerprint density at radius 1 is 1.05 bits per heavy atom. The Hall–Kier alpha value is -0.833. The molecule has 0 aromatic rings. The molecule has 20 heavy (non-hydrogen) atoms. The zero-order chi connectivity index (χ0) is 15.9. The topological polar surface area (TPSA) is 26.3 Å². The molecule has 0 unspecified atom stereocenters.